The molecule has 3 nitrogen and oxygen atoms in total. The van der Waals surface area contributed by atoms with E-state index >= 15 is 0 Å². The molecule has 0 heterocycles. The fourth-order valence-electron chi connectivity index (χ4n) is 1.46. The number of alkyl halides is 3. The van der Waals surface area contributed by atoms with Crippen LogP contribution in [0.3, 0.4) is 0 Å². The van der Waals surface area contributed by atoms with Crippen LogP contribution in [0.25, 0.3) is 0 Å². The van der Waals surface area contributed by atoms with Crippen molar-refractivity contribution in [2.24, 2.45) is 0 Å². The molecule has 1 rings (SSSR count). The summed E-state index contributed by atoms with van der Waals surface area (Å²) in [6.07, 6.45) is -4.75. The number of carbonyl (C=O) groups excluding carboxylic acids is 2. The predicted molar refractivity (Wildman–Crippen MR) is 57.2 cm³/mol. The number of Topliss-reactive ketones (excluding diaryl/α,β-unsaturated/α-hetero) is 1. The molecule has 0 aromatic heterocycles. The highest BCUT2D eigenvalue weighted by Crippen LogP contribution is 2.30. The molecule has 0 bridgehead atoms. The quantitative estimate of drug-likeness (QED) is 0.619. The van der Waals surface area contributed by atoms with E-state index in [1.54, 1.807) is 0 Å². The molecule has 0 saturated carbocycles. The van der Waals surface area contributed by atoms with Gasteiger partial charge in [0.05, 0.1) is 19.1 Å². The first-order valence-electron chi connectivity index (χ1n) is 5.03. The molecule has 0 unspecified atom stereocenters. The molecule has 0 amide bonds. The number of ether oxygens (including phenoxy) is 1. The Kier molecular flexibility index (Phi) is 4.11. The Morgan fingerprint density at radius 1 is 1.28 bits per heavy atom. The first-order chi connectivity index (χ1) is 8.25. The Balaban J connectivity index is 3.21. The SMILES string of the molecule is COC(=O)Cc1ccc(C(F)(F)F)cc1C(C)=O. The number of hydrogen-bond acceptors (Lipinski definition) is 3. The van der Waals surface area contributed by atoms with Crippen LogP contribution in [-0.2, 0) is 22.1 Å². The van der Waals surface area contributed by atoms with Gasteiger partial charge in [0.2, 0.25) is 0 Å². The van der Waals surface area contributed by atoms with Gasteiger partial charge in [-0.05, 0) is 24.6 Å². The number of rotatable bonds is 3. The third kappa shape index (κ3) is 3.32. The number of hydrogen-bond donors (Lipinski definition) is 0. The zero-order chi connectivity index (χ0) is 13.9. The molecule has 1 aromatic rings. The third-order valence-electron chi connectivity index (χ3n) is 2.38. The molecule has 98 valence electrons. The van der Waals surface area contributed by atoms with E-state index in [4.69, 9.17) is 0 Å². The van der Waals surface area contributed by atoms with Gasteiger partial charge >= 0.3 is 12.1 Å². The van der Waals surface area contributed by atoms with Crippen LogP contribution in [0, 0.1) is 0 Å². The normalized spacial score (nSPS) is 11.2. The van der Waals surface area contributed by atoms with Crippen molar-refractivity contribution in [1.82, 2.24) is 0 Å². The lowest BCUT2D eigenvalue weighted by Gasteiger charge is -2.11. The van der Waals surface area contributed by atoms with Gasteiger partial charge in [-0.2, -0.15) is 13.2 Å². The molecular weight excluding hydrogens is 249 g/mol. The van der Waals surface area contributed by atoms with Gasteiger partial charge in [-0.15, -0.1) is 0 Å². The summed E-state index contributed by atoms with van der Waals surface area (Å²) in [5, 5.41) is 0. The maximum atomic E-state index is 12.5. The molecule has 0 aliphatic heterocycles. The average Bonchev–Trinajstić information content (AvgIpc) is 2.27. The lowest BCUT2D eigenvalue weighted by atomic mass is 9.98. The molecule has 18 heavy (non-hydrogen) atoms. The lowest BCUT2D eigenvalue weighted by molar-refractivity contribution is -0.139. The van der Waals surface area contributed by atoms with Crippen molar-refractivity contribution in [3.63, 3.8) is 0 Å². The van der Waals surface area contributed by atoms with Crippen LogP contribution in [0.5, 0.6) is 0 Å². The molecule has 0 aliphatic carbocycles. The van der Waals surface area contributed by atoms with Crippen molar-refractivity contribution in [1.29, 1.82) is 0 Å². The fourth-order valence-corrected chi connectivity index (χ4v) is 1.46. The van der Waals surface area contributed by atoms with Crippen LogP contribution < -0.4 is 0 Å². The highest BCUT2D eigenvalue weighted by atomic mass is 19.4. The summed E-state index contributed by atoms with van der Waals surface area (Å²) in [5.41, 5.74) is -0.807. The van der Waals surface area contributed by atoms with Gasteiger partial charge in [0.15, 0.2) is 5.78 Å². The van der Waals surface area contributed by atoms with Gasteiger partial charge in [0, 0.05) is 5.56 Å². The molecule has 6 heteroatoms. The van der Waals surface area contributed by atoms with Gasteiger partial charge < -0.3 is 4.74 Å². The molecule has 0 fully saturated rings. The highest BCUT2D eigenvalue weighted by molar-refractivity contribution is 5.96. The number of ketones is 1. The second kappa shape index (κ2) is 5.20. The summed E-state index contributed by atoms with van der Waals surface area (Å²) in [4.78, 5) is 22.4. The van der Waals surface area contributed by atoms with E-state index in [-0.39, 0.29) is 17.5 Å². The predicted octanol–water partition coefficient (Wildman–Crippen LogP) is 2.62. The van der Waals surface area contributed by atoms with E-state index < -0.39 is 23.5 Å². The van der Waals surface area contributed by atoms with Crippen LogP contribution in [0.4, 0.5) is 13.2 Å². The van der Waals surface area contributed by atoms with Crippen LogP contribution in [-0.4, -0.2) is 18.9 Å². The van der Waals surface area contributed by atoms with E-state index in [0.29, 0.717) is 0 Å². The van der Waals surface area contributed by atoms with E-state index in [0.717, 1.165) is 25.1 Å². The minimum absolute atomic E-state index is 0.116. The van der Waals surface area contributed by atoms with E-state index in [1.807, 2.05) is 0 Å². The molecule has 0 aliphatic rings. The Hall–Kier alpha value is -1.85. The molecular formula is C12H11F3O3. The third-order valence-corrected chi connectivity index (χ3v) is 2.38. The maximum Gasteiger partial charge on any atom is 0.416 e. The first-order valence-corrected chi connectivity index (χ1v) is 5.03. The molecule has 0 saturated heterocycles. The number of halogens is 3. The van der Waals surface area contributed by atoms with E-state index in [9.17, 15) is 22.8 Å². The smallest absolute Gasteiger partial charge is 0.416 e. The zero-order valence-corrected chi connectivity index (χ0v) is 9.80. The summed E-state index contributed by atoms with van der Waals surface area (Å²) < 4.78 is 41.9. The van der Waals surface area contributed by atoms with Crippen molar-refractivity contribution < 1.29 is 27.5 Å². The largest absolute Gasteiger partial charge is 0.469 e. The number of methoxy groups -OCH3 is 1. The van der Waals surface area contributed by atoms with Gasteiger partial charge in [-0.25, -0.2) is 0 Å². The van der Waals surface area contributed by atoms with Crippen molar-refractivity contribution in [2.45, 2.75) is 19.5 Å². The van der Waals surface area contributed by atoms with Crippen molar-refractivity contribution >= 4 is 11.8 Å². The van der Waals surface area contributed by atoms with Gasteiger partial charge in [-0.3, -0.25) is 9.59 Å². The van der Waals surface area contributed by atoms with Crippen LogP contribution in [0.1, 0.15) is 28.4 Å². The fraction of sp³-hybridized carbons (Fsp3) is 0.333. The minimum Gasteiger partial charge on any atom is -0.469 e. The summed E-state index contributed by atoms with van der Waals surface area (Å²) in [5.74, 6) is -1.14. The monoisotopic (exact) mass is 260 g/mol. The molecule has 0 N–H and O–H groups in total. The molecule has 0 radical (unpaired) electrons. The van der Waals surface area contributed by atoms with Crippen molar-refractivity contribution in [3.8, 4) is 0 Å². The summed E-state index contributed by atoms with van der Waals surface area (Å²) in [7, 11) is 1.17. The average molecular weight is 260 g/mol. The first kappa shape index (κ1) is 14.2. The van der Waals surface area contributed by atoms with Crippen molar-refractivity contribution in [2.75, 3.05) is 7.11 Å². The van der Waals surface area contributed by atoms with E-state index in [1.165, 1.54) is 7.11 Å². The molecule has 0 atom stereocenters. The second-order valence-electron chi connectivity index (χ2n) is 3.68. The molecule has 1 aromatic carbocycles. The second-order valence-corrected chi connectivity index (χ2v) is 3.68. The van der Waals surface area contributed by atoms with Gasteiger partial charge in [-0.1, -0.05) is 6.07 Å². The highest BCUT2D eigenvalue weighted by Gasteiger charge is 2.31. The summed E-state index contributed by atoms with van der Waals surface area (Å²) in [6, 6.07) is 2.71. The lowest BCUT2D eigenvalue weighted by Crippen LogP contribution is -2.12. The van der Waals surface area contributed by atoms with E-state index in [2.05, 4.69) is 4.74 Å². The summed E-state index contributed by atoms with van der Waals surface area (Å²) in [6.45, 7) is 1.15. The Bertz CT molecular complexity index is 478. The maximum absolute atomic E-state index is 12.5. The molecule has 0 spiro atoms. The Morgan fingerprint density at radius 2 is 1.89 bits per heavy atom. The van der Waals surface area contributed by atoms with Gasteiger partial charge in [0.25, 0.3) is 0 Å². The number of carbonyl (C=O) groups is 2. The number of esters is 1. The summed E-state index contributed by atoms with van der Waals surface area (Å²) >= 11 is 0. The standard InChI is InChI=1S/C12H11F3O3/c1-7(16)10-6-9(12(13,14)15)4-3-8(10)5-11(17)18-2/h3-4,6H,5H2,1-2H3. The topological polar surface area (TPSA) is 43.4 Å². The Labute approximate surface area is 102 Å². The van der Waals surface area contributed by atoms with Crippen molar-refractivity contribution in [3.05, 3.63) is 34.9 Å². The number of benzene rings is 1. The zero-order valence-electron chi connectivity index (χ0n) is 9.80. The minimum atomic E-state index is -4.52. The van der Waals surface area contributed by atoms with Crippen LogP contribution >= 0.6 is 0 Å². The van der Waals surface area contributed by atoms with Gasteiger partial charge in [0.1, 0.15) is 0 Å². The van der Waals surface area contributed by atoms with Crippen LogP contribution in [0.15, 0.2) is 18.2 Å². The Morgan fingerprint density at radius 3 is 2.33 bits per heavy atom. The van der Waals surface area contributed by atoms with Crippen LogP contribution in [0.2, 0.25) is 0 Å².